The summed E-state index contributed by atoms with van der Waals surface area (Å²) in [6.45, 7) is 1.65. The van der Waals surface area contributed by atoms with Gasteiger partial charge in [-0.25, -0.2) is 9.78 Å². The van der Waals surface area contributed by atoms with E-state index >= 15 is 0 Å². The highest BCUT2D eigenvalue weighted by molar-refractivity contribution is 5.80. The second kappa shape index (κ2) is 6.15. The average molecular weight is 302 g/mol. The van der Waals surface area contributed by atoms with Crippen LogP contribution in [0.1, 0.15) is 18.1 Å². The molecule has 22 heavy (non-hydrogen) atoms. The average Bonchev–Trinajstić information content (AvgIpc) is 2.92. The normalized spacial score (nSPS) is 17.8. The number of hydrogen-bond acceptors (Lipinski definition) is 6. The second-order valence-electron chi connectivity index (χ2n) is 5.08. The first-order chi connectivity index (χ1) is 10.7. The van der Waals surface area contributed by atoms with Crippen LogP contribution in [-0.2, 0) is 4.74 Å². The lowest BCUT2D eigenvalue weighted by molar-refractivity contribution is 0.133. The second-order valence-corrected chi connectivity index (χ2v) is 5.08. The molecule has 1 saturated heterocycles. The van der Waals surface area contributed by atoms with Gasteiger partial charge in [-0.2, -0.15) is 0 Å². The maximum atomic E-state index is 11.9. The van der Waals surface area contributed by atoms with Crippen LogP contribution in [0.3, 0.4) is 0 Å². The Kier molecular flexibility index (Phi) is 4.06. The fourth-order valence-corrected chi connectivity index (χ4v) is 2.54. The molecule has 1 fully saturated rings. The number of carbonyl (C=O) groups excluding carboxylic acids is 1. The van der Waals surface area contributed by atoms with Crippen LogP contribution < -0.4 is 10.5 Å². The number of carbonyl (C=O) groups is 1. The Labute approximate surface area is 128 Å². The van der Waals surface area contributed by atoms with Crippen molar-refractivity contribution in [3.05, 3.63) is 30.0 Å². The summed E-state index contributed by atoms with van der Waals surface area (Å²) < 4.78 is 10.6. The van der Waals surface area contributed by atoms with E-state index in [9.17, 15) is 4.79 Å². The summed E-state index contributed by atoms with van der Waals surface area (Å²) in [5.74, 6) is 0.506. The van der Waals surface area contributed by atoms with Crippen LogP contribution in [0.4, 0.5) is 4.79 Å². The summed E-state index contributed by atoms with van der Waals surface area (Å²) in [6.07, 6.45) is 1.79. The van der Waals surface area contributed by atoms with Gasteiger partial charge in [0.25, 0.3) is 0 Å². The highest BCUT2D eigenvalue weighted by atomic mass is 16.6. The fraction of sp³-hybridized carbons (Fsp3) is 0.400. The van der Waals surface area contributed by atoms with Gasteiger partial charge in [-0.05, 0) is 25.1 Å². The van der Waals surface area contributed by atoms with E-state index in [0.29, 0.717) is 31.0 Å². The Morgan fingerprint density at radius 2 is 2.32 bits per heavy atom. The molecular weight excluding hydrogens is 284 g/mol. The first-order valence-electron chi connectivity index (χ1n) is 7.18. The van der Waals surface area contributed by atoms with Gasteiger partial charge >= 0.3 is 6.09 Å². The molecule has 116 valence electrons. The summed E-state index contributed by atoms with van der Waals surface area (Å²) in [5, 5.41) is 0. The van der Waals surface area contributed by atoms with Crippen molar-refractivity contribution in [3.63, 3.8) is 0 Å². The third-order valence-corrected chi connectivity index (χ3v) is 3.67. The molecule has 7 nitrogen and oxygen atoms in total. The molecule has 0 saturated carbocycles. The standard InChI is InChI=1S/C15H18N4O3/c1-21-13-4-3-11-14(18-13)10(5-7-17-11)12-9-19(8-2-6-16)15(20)22-12/h3-5,7,12H,2,6,8-9,16H2,1H3/t12-/m1/s1. The van der Waals surface area contributed by atoms with Gasteiger partial charge in [0.1, 0.15) is 6.10 Å². The molecule has 3 heterocycles. The van der Waals surface area contributed by atoms with Crippen LogP contribution in [0.25, 0.3) is 11.0 Å². The van der Waals surface area contributed by atoms with Crippen molar-refractivity contribution in [2.75, 3.05) is 26.7 Å². The van der Waals surface area contributed by atoms with Crippen molar-refractivity contribution in [1.82, 2.24) is 14.9 Å². The van der Waals surface area contributed by atoms with E-state index in [4.69, 9.17) is 15.2 Å². The molecule has 0 spiro atoms. The van der Waals surface area contributed by atoms with Crippen LogP contribution in [0, 0.1) is 0 Å². The van der Waals surface area contributed by atoms with Gasteiger partial charge in [-0.1, -0.05) is 0 Å². The van der Waals surface area contributed by atoms with E-state index in [-0.39, 0.29) is 12.2 Å². The topological polar surface area (TPSA) is 90.6 Å². The van der Waals surface area contributed by atoms with E-state index < -0.39 is 0 Å². The Morgan fingerprint density at radius 3 is 3.09 bits per heavy atom. The maximum Gasteiger partial charge on any atom is 0.410 e. The fourth-order valence-electron chi connectivity index (χ4n) is 2.54. The molecule has 3 rings (SSSR count). The Morgan fingerprint density at radius 1 is 1.45 bits per heavy atom. The molecule has 1 aliphatic rings. The zero-order valence-electron chi connectivity index (χ0n) is 12.4. The van der Waals surface area contributed by atoms with Gasteiger partial charge in [0.05, 0.1) is 24.7 Å². The lowest BCUT2D eigenvalue weighted by Crippen LogP contribution is -2.27. The first-order valence-corrected chi connectivity index (χ1v) is 7.18. The zero-order chi connectivity index (χ0) is 15.5. The number of fused-ring (bicyclic) bond motifs is 1. The minimum atomic E-state index is -0.351. The number of cyclic esters (lactones) is 1. The van der Waals surface area contributed by atoms with Gasteiger partial charge in [-0.15, -0.1) is 0 Å². The molecule has 0 aliphatic carbocycles. The number of methoxy groups -OCH3 is 1. The zero-order valence-corrected chi connectivity index (χ0v) is 12.4. The number of rotatable bonds is 5. The van der Waals surface area contributed by atoms with Gasteiger partial charge in [0.15, 0.2) is 0 Å². The Hall–Kier alpha value is -2.41. The lowest BCUT2D eigenvalue weighted by atomic mass is 10.1. The molecule has 0 radical (unpaired) electrons. The number of ether oxygens (including phenoxy) is 2. The minimum absolute atomic E-state index is 0.314. The largest absolute Gasteiger partial charge is 0.481 e. The predicted molar refractivity (Wildman–Crippen MR) is 80.6 cm³/mol. The molecule has 2 aromatic rings. The predicted octanol–water partition coefficient (Wildman–Crippen LogP) is 1.48. The summed E-state index contributed by atoms with van der Waals surface area (Å²) >= 11 is 0. The van der Waals surface area contributed by atoms with E-state index in [1.165, 1.54) is 0 Å². The molecule has 2 N–H and O–H groups in total. The molecule has 7 heteroatoms. The summed E-state index contributed by atoms with van der Waals surface area (Å²) in [6, 6.07) is 5.43. The van der Waals surface area contributed by atoms with Gasteiger partial charge < -0.3 is 20.1 Å². The molecular formula is C15H18N4O3. The van der Waals surface area contributed by atoms with Crippen LogP contribution in [0.5, 0.6) is 5.88 Å². The number of aromatic nitrogens is 2. The van der Waals surface area contributed by atoms with E-state index in [2.05, 4.69) is 9.97 Å². The first kappa shape index (κ1) is 14.5. The van der Waals surface area contributed by atoms with Crippen molar-refractivity contribution in [3.8, 4) is 5.88 Å². The monoisotopic (exact) mass is 302 g/mol. The Balaban J connectivity index is 1.92. The number of hydrogen-bond donors (Lipinski definition) is 1. The third kappa shape index (κ3) is 2.67. The lowest BCUT2D eigenvalue weighted by Gasteiger charge is -2.13. The van der Waals surface area contributed by atoms with Crippen LogP contribution in [0.15, 0.2) is 24.4 Å². The van der Waals surface area contributed by atoms with E-state index in [1.807, 2.05) is 12.1 Å². The van der Waals surface area contributed by atoms with Crippen LogP contribution in [0.2, 0.25) is 0 Å². The highest BCUT2D eigenvalue weighted by Crippen LogP contribution is 2.30. The van der Waals surface area contributed by atoms with Crippen LogP contribution >= 0.6 is 0 Å². The summed E-state index contributed by atoms with van der Waals surface area (Å²) in [7, 11) is 1.56. The maximum absolute atomic E-state index is 11.9. The highest BCUT2D eigenvalue weighted by Gasteiger charge is 2.33. The SMILES string of the molecule is COc1ccc2nccc([C@H]3CN(CCCN)C(=O)O3)c2n1. The summed E-state index contributed by atoms with van der Waals surface area (Å²) in [4.78, 5) is 22.3. The number of amides is 1. The van der Waals surface area contributed by atoms with Gasteiger partial charge in [0.2, 0.25) is 5.88 Å². The molecule has 0 bridgehead atoms. The van der Waals surface area contributed by atoms with E-state index in [1.54, 1.807) is 24.3 Å². The minimum Gasteiger partial charge on any atom is -0.481 e. The summed E-state index contributed by atoms with van der Waals surface area (Å²) in [5.41, 5.74) is 7.77. The van der Waals surface area contributed by atoms with Crippen molar-refractivity contribution < 1.29 is 14.3 Å². The van der Waals surface area contributed by atoms with Gasteiger partial charge in [-0.3, -0.25) is 4.98 Å². The third-order valence-electron chi connectivity index (χ3n) is 3.67. The van der Waals surface area contributed by atoms with Gasteiger partial charge in [0, 0.05) is 24.4 Å². The molecule has 2 aromatic heterocycles. The van der Waals surface area contributed by atoms with Crippen molar-refractivity contribution >= 4 is 17.1 Å². The molecule has 0 unspecified atom stereocenters. The van der Waals surface area contributed by atoms with E-state index in [0.717, 1.165) is 17.5 Å². The number of pyridine rings is 2. The van der Waals surface area contributed by atoms with Crippen molar-refractivity contribution in [2.24, 2.45) is 5.73 Å². The molecule has 1 atom stereocenters. The van der Waals surface area contributed by atoms with Crippen molar-refractivity contribution in [2.45, 2.75) is 12.5 Å². The smallest absolute Gasteiger partial charge is 0.410 e. The molecule has 1 amide bonds. The van der Waals surface area contributed by atoms with Crippen LogP contribution in [-0.4, -0.2) is 47.7 Å². The number of nitrogens with two attached hydrogens (primary N) is 1. The molecule has 0 aromatic carbocycles. The number of nitrogens with zero attached hydrogens (tertiary/aromatic N) is 3. The molecule has 1 aliphatic heterocycles. The quantitative estimate of drug-likeness (QED) is 0.899. The van der Waals surface area contributed by atoms with Crippen molar-refractivity contribution in [1.29, 1.82) is 0 Å². The Bertz CT molecular complexity index is 692.